The first-order valence-electron chi connectivity index (χ1n) is 9.57. The van der Waals surface area contributed by atoms with Crippen LogP contribution in [-0.4, -0.2) is 50.1 Å². The Hall–Kier alpha value is -3.24. The van der Waals surface area contributed by atoms with Crippen molar-refractivity contribution in [3.8, 4) is 11.3 Å². The summed E-state index contributed by atoms with van der Waals surface area (Å²) in [5.74, 6) is 1.27. The van der Waals surface area contributed by atoms with Gasteiger partial charge in [-0.3, -0.25) is 9.50 Å². The first-order chi connectivity index (χ1) is 14.4. The van der Waals surface area contributed by atoms with Crippen LogP contribution in [0, 0.1) is 6.92 Å². The van der Waals surface area contributed by atoms with E-state index in [4.69, 9.17) is 4.98 Å². The van der Waals surface area contributed by atoms with Crippen LogP contribution in [0.4, 0.5) is 11.8 Å². The van der Waals surface area contributed by atoms with Gasteiger partial charge in [0.25, 0.3) is 0 Å². The third-order valence-electron chi connectivity index (χ3n) is 5.28. The highest BCUT2D eigenvalue weighted by Crippen LogP contribution is 2.28. The second kappa shape index (κ2) is 6.92. The van der Waals surface area contributed by atoms with Gasteiger partial charge in [-0.2, -0.15) is 9.40 Å². The van der Waals surface area contributed by atoms with E-state index in [1.807, 2.05) is 41.8 Å². The molecule has 0 aliphatic carbocycles. The van der Waals surface area contributed by atoms with Gasteiger partial charge in [-0.15, -0.1) is 0 Å². The van der Waals surface area contributed by atoms with Crippen LogP contribution in [0.25, 0.3) is 16.9 Å². The molecule has 10 heteroatoms. The molecule has 2 N–H and O–H groups in total. The Kier molecular flexibility index (Phi) is 4.33. The Morgan fingerprint density at radius 1 is 1.17 bits per heavy atom. The van der Waals surface area contributed by atoms with Crippen molar-refractivity contribution < 1.29 is 8.42 Å². The van der Waals surface area contributed by atoms with Gasteiger partial charge in [-0.05, 0) is 30.5 Å². The predicted molar refractivity (Wildman–Crippen MR) is 114 cm³/mol. The molecular weight excluding hydrogens is 402 g/mol. The van der Waals surface area contributed by atoms with E-state index >= 15 is 0 Å². The Morgan fingerprint density at radius 2 is 2.03 bits per heavy atom. The van der Waals surface area contributed by atoms with Crippen molar-refractivity contribution in [2.24, 2.45) is 0 Å². The van der Waals surface area contributed by atoms with Crippen LogP contribution < -0.4 is 5.32 Å². The number of rotatable bonds is 4. The maximum absolute atomic E-state index is 12.0. The number of hydrogen-bond donors (Lipinski definition) is 2. The smallest absolute Gasteiger partial charge is 0.214 e. The molecule has 0 bridgehead atoms. The van der Waals surface area contributed by atoms with E-state index < -0.39 is 10.0 Å². The molecular formula is C20H21N7O2S. The summed E-state index contributed by atoms with van der Waals surface area (Å²) in [6.45, 7) is 2.83. The number of benzene rings is 1. The van der Waals surface area contributed by atoms with Crippen LogP contribution >= 0.6 is 0 Å². The molecule has 0 unspecified atom stereocenters. The molecule has 0 saturated heterocycles. The highest BCUT2D eigenvalue weighted by atomic mass is 32.2. The lowest BCUT2D eigenvalue weighted by atomic mass is 9.97. The lowest BCUT2D eigenvalue weighted by Gasteiger charge is -2.27. The number of aryl methyl sites for hydroxylation is 1. The Bertz CT molecular complexity index is 1360. The zero-order valence-electron chi connectivity index (χ0n) is 16.6. The lowest BCUT2D eigenvalue weighted by Crippen LogP contribution is -2.35. The van der Waals surface area contributed by atoms with Crippen LogP contribution in [0.15, 0.2) is 42.7 Å². The molecule has 0 atom stereocenters. The highest BCUT2D eigenvalue weighted by Gasteiger charge is 2.23. The average Bonchev–Trinajstić information content (AvgIpc) is 3.35. The molecule has 3 aromatic heterocycles. The standard InChI is InChI=1S/C20H21N7O2S/c1-13-9-18(25-24-13)23-20-22-17(11-19-21-6-8-27(19)20)15-4-3-14-5-7-26(30(2,28)29)12-16(14)10-15/h3-4,6,8-11H,5,7,12H2,1-2H3,(H2,22,23,24,25). The molecule has 5 rings (SSSR count). The van der Waals surface area contributed by atoms with E-state index in [0.29, 0.717) is 31.3 Å². The van der Waals surface area contributed by atoms with Gasteiger partial charge in [0.2, 0.25) is 16.0 Å². The quantitative estimate of drug-likeness (QED) is 0.522. The number of aromatic amines is 1. The van der Waals surface area contributed by atoms with Crippen LogP contribution in [-0.2, 0) is 23.0 Å². The largest absolute Gasteiger partial charge is 0.308 e. The second-order valence-electron chi connectivity index (χ2n) is 7.51. The van der Waals surface area contributed by atoms with Crippen molar-refractivity contribution >= 4 is 27.4 Å². The molecule has 1 aliphatic heterocycles. The molecule has 0 radical (unpaired) electrons. The fourth-order valence-corrected chi connectivity index (χ4v) is 4.53. The van der Waals surface area contributed by atoms with Crippen molar-refractivity contribution in [3.63, 3.8) is 0 Å². The number of aromatic nitrogens is 5. The Labute approximate surface area is 173 Å². The fraction of sp³-hybridized carbons (Fsp3) is 0.250. The number of anilines is 2. The van der Waals surface area contributed by atoms with Gasteiger partial charge >= 0.3 is 0 Å². The number of sulfonamides is 1. The molecule has 154 valence electrons. The van der Waals surface area contributed by atoms with E-state index in [0.717, 1.165) is 28.2 Å². The first-order valence-corrected chi connectivity index (χ1v) is 11.4. The zero-order chi connectivity index (χ0) is 20.9. The molecule has 9 nitrogen and oxygen atoms in total. The Balaban J connectivity index is 1.55. The number of H-pyrrole nitrogens is 1. The summed E-state index contributed by atoms with van der Waals surface area (Å²) in [4.78, 5) is 9.20. The highest BCUT2D eigenvalue weighted by molar-refractivity contribution is 7.88. The van der Waals surface area contributed by atoms with Gasteiger partial charge in [0, 0.05) is 48.9 Å². The van der Waals surface area contributed by atoms with Gasteiger partial charge in [0.1, 0.15) is 5.65 Å². The van der Waals surface area contributed by atoms with Crippen molar-refractivity contribution in [2.75, 3.05) is 18.1 Å². The normalized spacial score (nSPS) is 14.7. The van der Waals surface area contributed by atoms with Crippen molar-refractivity contribution in [3.05, 3.63) is 59.5 Å². The average molecular weight is 424 g/mol. The third kappa shape index (κ3) is 3.44. The van der Waals surface area contributed by atoms with Crippen LogP contribution in [0.3, 0.4) is 0 Å². The van der Waals surface area contributed by atoms with E-state index in [-0.39, 0.29) is 0 Å². The summed E-state index contributed by atoms with van der Waals surface area (Å²) in [6, 6.07) is 9.93. The van der Waals surface area contributed by atoms with Crippen LogP contribution in [0.5, 0.6) is 0 Å². The number of nitrogens with zero attached hydrogens (tertiary/aromatic N) is 5. The van der Waals surface area contributed by atoms with E-state index in [1.54, 1.807) is 6.20 Å². The summed E-state index contributed by atoms with van der Waals surface area (Å²) < 4.78 is 27.3. The number of fused-ring (bicyclic) bond motifs is 2. The topological polar surface area (TPSA) is 108 Å². The lowest BCUT2D eigenvalue weighted by molar-refractivity contribution is 0.395. The number of nitrogens with one attached hydrogen (secondary N) is 2. The van der Waals surface area contributed by atoms with Gasteiger partial charge in [-0.25, -0.2) is 18.4 Å². The maximum Gasteiger partial charge on any atom is 0.214 e. The van der Waals surface area contributed by atoms with Gasteiger partial charge in [-0.1, -0.05) is 12.1 Å². The summed E-state index contributed by atoms with van der Waals surface area (Å²) in [5.41, 5.74) is 5.54. The van der Waals surface area contributed by atoms with Crippen LogP contribution in [0.2, 0.25) is 0 Å². The second-order valence-corrected chi connectivity index (χ2v) is 9.49. The van der Waals surface area contributed by atoms with Crippen molar-refractivity contribution in [2.45, 2.75) is 19.9 Å². The minimum atomic E-state index is -3.22. The maximum atomic E-state index is 12.0. The molecule has 1 aromatic carbocycles. The fourth-order valence-electron chi connectivity index (χ4n) is 3.73. The zero-order valence-corrected chi connectivity index (χ0v) is 17.4. The molecule has 0 amide bonds. The van der Waals surface area contributed by atoms with Gasteiger partial charge in [0.15, 0.2) is 5.82 Å². The minimum Gasteiger partial charge on any atom is -0.308 e. The molecule has 0 spiro atoms. The molecule has 30 heavy (non-hydrogen) atoms. The van der Waals surface area contributed by atoms with Crippen molar-refractivity contribution in [1.29, 1.82) is 0 Å². The monoisotopic (exact) mass is 423 g/mol. The summed E-state index contributed by atoms with van der Waals surface area (Å²) in [6.07, 6.45) is 5.52. The van der Waals surface area contributed by atoms with E-state index in [1.165, 1.54) is 16.1 Å². The number of imidazole rings is 1. The molecule has 4 aromatic rings. The minimum absolute atomic E-state index is 0.380. The molecule has 0 fully saturated rings. The molecule has 1 aliphatic rings. The van der Waals surface area contributed by atoms with Crippen molar-refractivity contribution in [1.82, 2.24) is 28.9 Å². The molecule has 4 heterocycles. The summed E-state index contributed by atoms with van der Waals surface area (Å²) in [5, 5.41) is 10.4. The summed E-state index contributed by atoms with van der Waals surface area (Å²) >= 11 is 0. The Morgan fingerprint density at radius 3 is 2.80 bits per heavy atom. The summed E-state index contributed by atoms with van der Waals surface area (Å²) in [7, 11) is -3.22. The third-order valence-corrected chi connectivity index (χ3v) is 6.53. The SMILES string of the molecule is Cc1cc(Nc2nc(-c3ccc4c(c3)CN(S(C)(=O)=O)CC4)cc3nccn23)n[nH]1. The van der Waals surface area contributed by atoms with Gasteiger partial charge < -0.3 is 5.32 Å². The number of hydrogen-bond acceptors (Lipinski definition) is 6. The van der Waals surface area contributed by atoms with Gasteiger partial charge in [0.05, 0.1) is 11.9 Å². The van der Waals surface area contributed by atoms with Crippen LogP contribution in [0.1, 0.15) is 16.8 Å². The first kappa shape index (κ1) is 18.8. The predicted octanol–water partition coefficient (Wildman–Crippen LogP) is 2.49. The van der Waals surface area contributed by atoms with E-state index in [9.17, 15) is 8.42 Å². The van der Waals surface area contributed by atoms with E-state index in [2.05, 4.69) is 26.6 Å². The molecule has 0 saturated carbocycles.